The lowest BCUT2D eigenvalue weighted by molar-refractivity contribution is -0.152. The molecule has 3 aliphatic rings. The van der Waals surface area contributed by atoms with Crippen LogP contribution in [0.2, 0.25) is 0 Å². The molecule has 1 saturated carbocycles. The molecule has 5 heteroatoms. The SMILES string of the molecule is O=C1O[C@H](CCN2CCN(c3ccccc3O)CC2)CC12CCC2. The Labute approximate surface area is 143 Å². The van der Waals surface area contributed by atoms with Gasteiger partial charge < -0.3 is 14.7 Å². The fourth-order valence-electron chi connectivity index (χ4n) is 4.28. The van der Waals surface area contributed by atoms with Crippen LogP contribution in [-0.2, 0) is 9.53 Å². The summed E-state index contributed by atoms with van der Waals surface area (Å²) in [6.45, 7) is 4.81. The summed E-state index contributed by atoms with van der Waals surface area (Å²) in [4.78, 5) is 16.7. The number of piperazine rings is 1. The van der Waals surface area contributed by atoms with Crippen LogP contribution in [-0.4, -0.2) is 54.8 Å². The zero-order chi connectivity index (χ0) is 16.6. The minimum atomic E-state index is -0.103. The quantitative estimate of drug-likeness (QED) is 0.859. The predicted molar refractivity (Wildman–Crippen MR) is 92.2 cm³/mol. The predicted octanol–water partition coefficient (Wildman–Crippen LogP) is 2.39. The van der Waals surface area contributed by atoms with Gasteiger partial charge in [-0.25, -0.2) is 0 Å². The van der Waals surface area contributed by atoms with E-state index in [1.165, 1.54) is 6.42 Å². The van der Waals surface area contributed by atoms with Crippen LogP contribution in [0, 0.1) is 5.41 Å². The van der Waals surface area contributed by atoms with Crippen LogP contribution < -0.4 is 4.90 Å². The van der Waals surface area contributed by atoms with Gasteiger partial charge in [0.15, 0.2) is 0 Å². The third kappa shape index (κ3) is 2.86. The standard InChI is InChI=1S/C19H26N2O3/c22-17-5-2-1-4-16(17)21-12-10-20(11-13-21)9-6-15-14-19(7-3-8-19)18(23)24-15/h1-2,4-5,15,22H,3,6-14H2/t15-/m1/s1. The molecule has 0 unspecified atom stereocenters. The average Bonchev–Trinajstić information content (AvgIpc) is 2.91. The van der Waals surface area contributed by atoms with Crippen molar-refractivity contribution < 1.29 is 14.6 Å². The number of phenols is 1. The number of benzene rings is 1. The van der Waals surface area contributed by atoms with Crippen LogP contribution in [0.25, 0.3) is 0 Å². The van der Waals surface area contributed by atoms with Crippen LogP contribution in [0.3, 0.4) is 0 Å². The van der Waals surface area contributed by atoms with Crippen LogP contribution in [0.15, 0.2) is 24.3 Å². The smallest absolute Gasteiger partial charge is 0.312 e. The van der Waals surface area contributed by atoms with Gasteiger partial charge in [-0.05, 0) is 31.4 Å². The minimum absolute atomic E-state index is 0.0584. The number of aromatic hydroxyl groups is 1. The maximum Gasteiger partial charge on any atom is 0.312 e. The topological polar surface area (TPSA) is 53.0 Å². The van der Waals surface area contributed by atoms with Gasteiger partial charge in [0.05, 0.1) is 11.1 Å². The maximum absolute atomic E-state index is 12.0. The second-order valence-corrected chi connectivity index (χ2v) is 7.47. The van der Waals surface area contributed by atoms with Crippen molar-refractivity contribution in [3.8, 4) is 5.75 Å². The first-order valence-electron chi connectivity index (χ1n) is 9.13. The van der Waals surface area contributed by atoms with Crippen molar-refractivity contribution in [2.24, 2.45) is 5.41 Å². The van der Waals surface area contributed by atoms with Crippen molar-refractivity contribution >= 4 is 11.7 Å². The summed E-state index contributed by atoms with van der Waals surface area (Å²) in [6.07, 6.45) is 5.24. The normalized spacial score (nSPS) is 26.4. The molecule has 0 bridgehead atoms. The summed E-state index contributed by atoms with van der Waals surface area (Å²) in [7, 11) is 0. The van der Waals surface area contributed by atoms with Crippen molar-refractivity contribution in [2.45, 2.75) is 38.2 Å². The van der Waals surface area contributed by atoms with Gasteiger partial charge in [0, 0.05) is 39.1 Å². The van der Waals surface area contributed by atoms with Gasteiger partial charge in [0.2, 0.25) is 0 Å². The van der Waals surface area contributed by atoms with Crippen molar-refractivity contribution in [3.05, 3.63) is 24.3 Å². The highest BCUT2D eigenvalue weighted by molar-refractivity contribution is 5.80. The molecule has 2 heterocycles. The minimum Gasteiger partial charge on any atom is -0.506 e. The van der Waals surface area contributed by atoms with Crippen molar-refractivity contribution in [3.63, 3.8) is 0 Å². The zero-order valence-electron chi connectivity index (χ0n) is 14.1. The fraction of sp³-hybridized carbons (Fsp3) is 0.632. The maximum atomic E-state index is 12.0. The number of para-hydroxylation sites is 2. The molecule has 1 spiro atoms. The van der Waals surface area contributed by atoms with E-state index in [1.54, 1.807) is 6.07 Å². The van der Waals surface area contributed by atoms with Crippen molar-refractivity contribution in [1.29, 1.82) is 0 Å². The molecule has 0 radical (unpaired) electrons. The van der Waals surface area contributed by atoms with E-state index >= 15 is 0 Å². The highest BCUT2D eigenvalue weighted by atomic mass is 16.6. The molecule has 1 N–H and O–H groups in total. The second-order valence-electron chi connectivity index (χ2n) is 7.47. The van der Waals surface area contributed by atoms with E-state index in [9.17, 15) is 9.90 Å². The lowest BCUT2D eigenvalue weighted by Crippen LogP contribution is -2.47. The molecule has 2 aliphatic heterocycles. The number of carbonyl (C=O) groups excluding carboxylic acids is 1. The number of ether oxygens (including phenoxy) is 1. The van der Waals surface area contributed by atoms with Crippen LogP contribution in [0.4, 0.5) is 5.69 Å². The van der Waals surface area contributed by atoms with E-state index in [-0.39, 0.29) is 17.5 Å². The number of rotatable bonds is 4. The van der Waals surface area contributed by atoms with E-state index in [1.807, 2.05) is 18.2 Å². The first-order valence-corrected chi connectivity index (χ1v) is 9.13. The molecule has 5 nitrogen and oxygen atoms in total. The van der Waals surface area contributed by atoms with Gasteiger partial charge in [-0.1, -0.05) is 18.6 Å². The first-order chi connectivity index (χ1) is 11.7. The fourth-order valence-corrected chi connectivity index (χ4v) is 4.28. The van der Waals surface area contributed by atoms with Crippen molar-refractivity contribution in [1.82, 2.24) is 4.90 Å². The van der Waals surface area contributed by atoms with Gasteiger partial charge in [-0.3, -0.25) is 9.69 Å². The number of cyclic esters (lactones) is 1. The number of anilines is 1. The Morgan fingerprint density at radius 1 is 1.17 bits per heavy atom. The molecular formula is C19H26N2O3. The largest absolute Gasteiger partial charge is 0.506 e. The Morgan fingerprint density at radius 2 is 1.92 bits per heavy atom. The lowest BCUT2D eigenvalue weighted by atomic mass is 9.67. The molecule has 1 aliphatic carbocycles. The van der Waals surface area contributed by atoms with E-state index in [2.05, 4.69) is 9.80 Å². The number of esters is 1. The number of hydrogen-bond donors (Lipinski definition) is 1. The Bertz CT molecular complexity index is 606. The molecule has 0 aromatic heterocycles. The molecule has 4 rings (SSSR count). The summed E-state index contributed by atoms with van der Waals surface area (Å²) in [5.41, 5.74) is 0.822. The van der Waals surface area contributed by atoms with Crippen LogP contribution >= 0.6 is 0 Å². The van der Waals surface area contributed by atoms with Crippen molar-refractivity contribution in [2.75, 3.05) is 37.6 Å². The lowest BCUT2D eigenvalue weighted by Gasteiger charge is -2.36. The molecular weight excluding hydrogens is 304 g/mol. The molecule has 3 fully saturated rings. The number of nitrogens with zero attached hydrogens (tertiary/aromatic N) is 2. The Hall–Kier alpha value is -1.75. The highest BCUT2D eigenvalue weighted by Gasteiger charge is 2.52. The summed E-state index contributed by atoms with van der Waals surface area (Å²) in [6, 6.07) is 7.53. The Kier molecular flexibility index (Phi) is 4.12. The molecule has 130 valence electrons. The van der Waals surface area contributed by atoms with E-state index in [4.69, 9.17) is 4.74 Å². The van der Waals surface area contributed by atoms with E-state index in [0.717, 1.165) is 64.1 Å². The first kappa shape index (κ1) is 15.8. The van der Waals surface area contributed by atoms with Crippen LogP contribution in [0.5, 0.6) is 5.75 Å². The van der Waals surface area contributed by atoms with Gasteiger partial charge in [0.1, 0.15) is 11.9 Å². The van der Waals surface area contributed by atoms with Gasteiger partial charge in [0.25, 0.3) is 0 Å². The average molecular weight is 330 g/mol. The molecule has 1 aromatic carbocycles. The molecule has 2 saturated heterocycles. The third-order valence-electron chi connectivity index (χ3n) is 6.00. The number of phenolic OH excluding ortho intramolecular Hbond substituents is 1. The summed E-state index contributed by atoms with van der Waals surface area (Å²) in [5.74, 6) is 0.415. The Balaban J connectivity index is 1.24. The molecule has 24 heavy (non-hydrogen) atoms. The molecule has 0 amide bonds. The Morgan fingerprint density at radius 3 is 2.54 bits per heavy atom. The van der Waals surface area contributed by atoms with Gasteiger partial charge in [-0.15, -0.1) is 0 Å². The second kappa shape index (κ2) is 6.28. The monoisotopic (exact) mass is 330 g/mol. The van der Waals surface area contributed by atoms with Gasteiger partial charge in [-0.2, -0.15) is 0 Å². The highest BCUT2D eigenvalue weighted by Crippen LogP contribution is 2.50. The van der Waals surface area contributed by atoms with E-state index in [0.29, 0.717) is 5.75 Å². The number of hydrogen-bond acceptors (Lipinski definition) is 5. The van der Waals surface area contributed by atoms with Crippen LogP contribution in [0.1, 0.15) is 32.1 Å². The third-order valence-corrected chi connectivity index (χ3v) is 6.00. The number of carbonyl (C=O) groups is 1. The summed E-state index contributed by atoms with van der Waals surface area (Å²) >= 11 is 0. The summed E-state index contributed by atoms with van der Waals surface area (Å²) in [5, 5.41) is 9.97. The molecule has 1 aromatic rings. The molecule has 1 atom stereocenters. The van der Waals surface area contributed by atoms with Gasteiger partial charge >= 0.3 is 5.97 Å². The van der Waals surface area contributed by atoms with E-state index < -0.39 is 0 Å². The zero-order valence-corrected chi connectivity index (χ0v) is 14.1. The summed E-state index contributed by atoms with van der Waals surface area (Å²) < 4.78 is 5.61.